The Morgan fingerprint density at radius 2 is 1.62 bits per heavy atom. The summed E-state index contributed by atoms with van der Waals surface area (Å²) in [5, 5.41) is 5.16. The molecule has 0 atom stereocenters. The number of nitrogens with one attached hydrogen (secondary N) is 1. The Hall–Kier alpha value is -4.19. The smallest absolute Gasteiger partial charge is 0.254 e. The van der Waals surface area contributed by atoms with Crippen molar-refractivity contribution in [2.45, 2.75) is 6.42 Å². The van der Waals surface area contributed by atoms with Crippen molar-refractivity contribution < 1.29 is 9.53 Å². The van der Waals surface area contributed by atoms with Crippen molar-refractivity contribution in [2.75, 3.05) is 31.6 Å². The van der Waals surface area contributed by atoms with E-state index in [1.54, 1.807) is 0 Å². The van der Waals surface area contributed by atoms with E-state index in [0.717, 1.165) is 45.4 Å². The molecule has 0 radical (unpaired) electrons. The Balaban J connectivity index is 1.35. The Kier molecular flexibility index (Phi) is 7.26. The second kappa shape index (κ2) is 11.3. The third kappa shape index (κ3) is 5.51. The maximum Gasteiger partial charge on any atom is 0.254 e. The number of ether oxygens (including phenoxy) is 1. The van der Waals surface area contributed by atoms with Crippen molar-refractivity contribution in [3.05, 3.63) is 125 Å². The summed E-state index contributed by atoms with van der Waals surface area (Å²) in [5.41, 5.74) is 7.78. The fraction of sp³-hybridized carbons (Fsp3) is 0.152. The topological polar surface area (TPSA) is 54.5 Å². The molecule has 1 aliphatic rings. The molecule has 0 aliphatic carbocycles. The number of hydrogen-bond acceptors (Lipinski definition) is 4. The summed E-state index contributed by atoms with van der Waals surface area (Å²) in [6, 6.07) is 32.3. The number of carbonyl (C=O) groups excluding carboxylic acids is 1. The molecular weight excluding hydrogens is 506 g/mol. The highest BCUT2D eigenvalue weighted by molar-refractivity contribution is 6.35. The Morgan fingerprint density at radius 1 is 0.872 bits per heavy atom. The fourth-order valence-corrected chi connectivity index (χ4v) is 5.34. The number of morpholine rings is 1. The van der Waals surface area contributed by atoms with E-state index < -0.39 is 0 Å². The SMILES string of the molecule is O=C(c1cccc(Nc2cccc(-c3c(Cc4ccccc4)cnc4c(Cl)cccc34)c2)c1)N1CCOCC1. The maximum absolute atomic E-state index is 13.0. The molecule has 1 aromatic heterocycles. The van der Waals surface area contributed by atoms with Gasteiger partial charge in [0.2, 0.25) is 0 Å². The van der Waals surface area contributed by atoms with E-state index in [4.69, 9.17) is 21.3 Å². The molecule has 5 nitrogen and oxygen atoms in total. The largest absolute Gasteiger partial charge is 0.378 e. The lowest BCUT2D eigenvalue weighted by Gasteiger charge is -2.27. The number of hydrogen-bond donors (Lipinski definition) is 1. The number of anilines is 2. The van der Waals surface area contributed by atoms with Crippen molar-refractivity contribution in [3.63, 3.8) is 0 Å². The zero-order valence-electron chi connectivity index (χ0n) is 21.4. The highest BCUT2D eigenvalue weighted by Crippen LogP contribution is 2.36. The van der Waals surface area contributed by atoms with Gasteiger partial charge in [0.15, 0.2) is 0 Å². The first-order chi connectivity index (χ1) is 19.2. The van der Waals surface area contributed by atoms with Gasteiger partial charge in [-0.3, -0.25) is 9.78 Å². The Morgan fingerprint density at radius 3 is 2.44 bits per heavy atom. The number of nitrogens with zero attached hydrogens (tertiary/aromatic N) is 2. The second-order valence-electron chi connectivity index (χ2n) is 9.65. The highest BCUT2D eigenvalue weighted by atomic mass is 35.5. The van der Waals surface area contributed by atoms with Crippen LogP contribution in [-0.4, -0.2) is 42.1 Å². The van der Waals surface area contributed by atoms with Gasteiger partial charge in [0, 0.05) is 41.6 Å². The van der Waals surface area contributed by atoms with Gasteiger partial charge in [0.05, 0.1) is 23.8 Å². The lowest BCUT2D eigenvalue weighted by Crippen LogP contribution is -2.40. The van der Waals surface area contributed by atoms with Gasteiger partial charge < -0.3 is 15.0 Å². The number of rotatable bonds is 6. The molecule has 0 unspecified atom stereocenters. The minimum Gasteiger partial charge on any atom is -0.378 e. The summed E-state index contributed by atoms with van der Waals surface area (Å²) in [5.74, 6) is 0.0291. The van der Waals surface area contributed by atoms with E-state index in [2.05, 4.69) is 47.8 Å². The van der Waals surface area contributed by atoms with Gasteiger partial charge in [0.1, 0.15) is 0 Å². The number of amides is 1. The number of benzene rings is 4. The predicted molar refractivity (Wildman–Crippen MR) is 158 cm³/mol. The standard InChI is InChI=1S/C33H28ClN3O2/c34-30-14-6-13-29-31(26(22-35-32(29)30)19-23-7-2-1-3-8-23)24-9-4-11-27(20-24)36-28-12-5-10-25(21-28)33(38)37-15-17-39-18-16-37/h1-14,20-22,36H,15-19H2. The van der Waals surface area contributed by atoms with E-state index >= 15 is 0 Å². The van der Waals surface area contributed by atoms with E-state index in [1.807, 2.05) is 65.7 Å². The molecule has 1 fully saturated rings. The molecule has 1 saturated heterocycles. The van der Waals surface area contributed by atoms with Crippen LogP contribution in [0.5, 0.6) is 0 Å². The molecule has 1 N–H and O–H groups in total. The van der Waals surface area contributed by atoms with Crippen molar-refractivity contribution in [1.29, 1.82) is 0 Å². The molecule has 5 aromatic rings. The highest BCUT2D eigenvalue weighted by Gasteiger charge is 2.19. The minimum absolute atomic E-state index is 0.0291. The van der Waals surface area contributed by atoms with Crippen LogP contribution in [0.15, 0.2) is 103 Å². The number of halogens is 1. The summed E-state index contributed by atoms with van der Waals surface area (Å²) in [6.45, 7) is 2.40. The molecule has 6 rings (SSSR count). The van der Waals surface area contributed by atoms with E-state index in [0.29, 0.717) is 36.9 Å². The third-order valence-electron chi connectivity index (χ3n) is 7.01. The van der Waals surface area contributed by atoms with Crippen LogP contribution in [0.4, 0.5) is 11.4 Å². The second-order valence-corrected chi connectivity index (χ2v) is 10.1. The van der Waals surface area contributed by atoms with Crippen LogP contribution in [0.25, 0.3) is 22.0 Å². The molecule has 39 heavy (non-hydrogen) atoms. The summed E-state index contributed by atoms with van der Waals surface area (Å²) >= 11 is 6.55. The third-order valence-corrected chi connectivity index (χ3v) is 7.32. The van der Waals surface area contributed by atoms with Gasteiger partial charge in [-0.1, -0.05) is 72.3 Å². The number of pyridine rings is 1. The average molecular weight is 534 g/mol. The van der Waals surface area contributed by atoms with Crippen LogP contribution in [0.1, 0.15) is 21.5 Å². The lowest BCUT2D eigenvalue weighted by atomic mass is 9.92. The number of aromatic nitrogens is 1. The predicted octanol–water partition coefficient (Wildman–Crippen LogP) is 7.36. The van der Waals surface area contributed by atoms with E-state index in [-0.39, 0.29) is 5.91 Å². The average Bonchev–Trinajstić information content (AvgIpc) is 2.98. The number of fused-ring (bicyclic) bond motifs is 1. The first kappa shape index (κ1) is 25.1. The van der Waals surface area contributed by atoms with Gasteiger partial charge >= 0.3 is 0 Å². The van der Waals surface area contributed by atoms with Crippen LogP contribution in [0.2, 0.25) is 5.02 Å². The zero-order chi connectivity index (χ0) is 26.6. The quantitative estimate of drug-likeness (QED) is 0.248. The molecule has 1 amide bonds. The summed E-state index contributed by atoms with van der Waals surface area (Å²) in [6.07, 6.45) is 2.70. The van der Waals surface area contributed by atoms with Crippen LogP contribution >= 0.6 is 11.6 Å². The van der Waals surface area contributed by atoms with Crippen molar-refractivity contribution >= 4 is 39.8 Å². The molecule has 0 spiro atoms. The van der Waals surface area contributed by atoms with Crippen LogP contribution in [0.3, 0.4) is 0 Å². The van der Waals surface area contributed by atoms with Crippen molar-refractivity contribution in [1.82, 2.24) is 9.88 Å². The lowest BCUT2D eigenvalue weighted by molar-refractivity contribution is 0.0303. The van der Waals surface area contributed by atoms with E-state index in [9.17, 15) is 4.79 Å². The van der Waals surface area contributed by atoms with Gasteiger partial charge in [0.25, 0.3) is 5.91 Å². The summed E-state index contributed by atoms with van der Waals surface area (Å²) in [7, 11) is 0. The zero-order valence-corrected chi connectivity index (χ0v) is 22.2. The monoisotopic (exact) mass is 533 g/mol. The van der Waals surface area contributed by atoms with Crippen molar-refractivity contribution in [2.24, 2.45) is 0 Å². The fourth-order valence-electron chi connectivity index (χ4n) is 5.12. The van der Waals surface area contributed by atoms with Gasteiger partial charge in [-0.2, -0.15) is 0 Å². The molecule has 194 valence electrons. The van der Waals surface area contributed by atoms with Gasteiger partial charge in [-0.15, -0.1) is 0 Å². The maximum atomic E-state index is 13.0. The first-order valence-corrected chi connectivity index (χ1v) is 13.5. The van der Waals surface area contributed by atoms with Gasteiger partial charge in [-0.05, 0) is 65.1 Å². The van der Waals surface area contributed by atoms with Crippen LogP contribution in [0, 0.1) is 0 Å². The molecule has 4 aromatic carbocycles. The molecule has 0 saturated carbocycles. The minimum atomic E-state index is 0.0291. The molecule has 0 bridgehead atoms. The molecule has 6 heteroatoms. The molecule has 1 aliphatic heterocycles. The summed E-state index contributed by atoms with van der Waals surface area (Å²) in [4.78, 5) is 19.6. The van der Waals surface area contributed by atoms with Crippen LogP contribution in [-0.2, 0) is 11.2 Å². The Labute approximate surface area is 233 Å². The van der Waals surface area contributed by atoms with Crippen LogP contribution < -0.4 is 5.32 Å². The molecular formula is C33H28ClN3O2. The first-order valence-electron chi connectivity index (χ1n) is 13.1. The number of para-hydroxylation sites is 1. The molecule has 2 heterocycles. The van der Waals surface area contributed by atoms with Gasteiger partial charge in [-0.25, -0.2) is 0 Å². The van der Waals surface area contributed by atoms with Crippen molar-refractivity contribution in [3.8, 4) is 11.1 Å². The summed E-state index contributed by atoms with van der Waals surface area (Å²) < 4.78 is 5.39. The Bertz CT molecular complexity index is 1630. The van der Waals surface area contributed by atoms with E-state index in [1.165, 1.54) is 5.56 Å². The number of carbonyl (C=O) groups is 1. The normalized spacial score (nSPS) is 13.4.